The molecular weight excluding hydrogens is 342 g/mol. The van der Waals surface area contributed by atoms with Crippen LogP contribution in [0.5, 0.6) is 0 Å². The SMILES string of the molecule is Cc1ccc(CN2CCN(C(=O)c3cnc4ccnn4c3C)CC2=O)cc1. The standard InChI is InChI=1S/C20H21N5O2/c1-14-3-5-16(6-4-14)12-23-9-10-24(13-19(23)26)20(27)17-11-21-18-7-8-22-25(18)15(17)2/h3-8,11H,9-10,12-13H2,1-2H3. The van der Waals surface area contributed by atoms with E-state index in [1.165, 1.54) is 5.56 Å². The summed E-state index contributed by atoms with van der Waals surface area (Å²) in [5.41, 5.74) is 4.19. The topological polar surface area (TPSA) is 70.8 Å². The highest BCUT2D eigenvalue weighted by atomic mass is 16.2. The van der Waals surface area contributed by atoms with Gasteiger partial charge in [0, 0.05) is 31.9 Å². The van der Waals surface area contributed by atoms with Crippen molar-refractivity contribution in [1.29, 1.82) is 0 Å². The van der Waals surface area contributed by atoms with Gasteiger partial charge in [-0.2, -0.15) is 5.10 Å². The first-order chi connectivity index (χ1) is 13.0. The summed E-state index contributed by atoms with van der Waals surface area (Å²) in [7, 11) is 0. The second kappa shape index (κ2) is 6.83. The van der Waals surface area contributed by atoms with Crippen molar-refractivity contribution in [3.8, 4) is 0 Å². The maximum atomic E-state index is 12.9. The molecule has 1 saturated heterocycles. The zero-order valence-electron chi connectivity index (χ0n) is 15.4. The van der Waals surface area contributed by atoms with Gasteiger partial charge in [0.25, 0.3) is 5.91 Å². The van der Waals surface area contributed by atoms with Crippen LogP contribution >= 0.6 is 0 Å². The third-order valence-corrected chi connectivity index (χ3v) is 4.99. The smallest absolute Gasteiger partial charge is 0.257 e. The summed E-state index contributed by atoms with van der Waals surface area (Å²) in [6.45, 7) is 5.56. The van der Waals surface area contributed by atoms with Gasteiger partial charge in [-0.05, 0) is 19.4 Å². The molecule has 3 heterocycles. The van der Waals surface area contributed by atoms with Gasteiger partial charge in [-0.3, -0.25) is 9.59 Å². The van der Waals surface area contributed by atoms with Gasteiger partial charge in [0.05, 0.1) is 17.5 Å². The Morgan fingerprint density at radius 1 is 1.11 bits per heavy atom. The van der Waals surface area contributed by atoms with Crippen LogP contribution in [0.3, 0.4) is 0 Å². The number of hydrogen-bond donors (Lipinski definition) is 0. The summed E-state index contributed by atoms with van der Waals surface area (Å²) in [5.74, 6) is -0.221. The summed E-state index contributed by atoms with van der Waals surface area (Å²) < 4.78 is 1.64. The van der Waals surface area contributed by atoms with Gasteiger partial charge in [0.1, 0.15) is 6.54 Å². The Labute approximate surface area is 157 Å². The number of aryl methyl sites for hydroxylation is 2. The maximum Gasteiger partial charge on any atom is 0.257 e. The lowest BCUT2D eigenvalue weighted by atomic mass is 10.1. The van der Waals surface area contributed by atoms with Gasteiger partial charge in [-0.25, -0.2) is 9.50 Å². The van der Waals surface area contributed by atoms with Crippen LogP contribution < -0.4 is 0 Å². The van der Waals surface area contributed by atoms with E-state index in [1.54, 1.807) is 32.8 Å². The van der Waals surface area contributed by atoms with E-state index in [4.69, 9.17) is 0 Å². The highest BCUT2D eigenvalue weighted by Crippen LogP contribution is 2.16. The van der Waals surface area contributed by atoms with E-state index in [2.05, 4.69) is 10.1 Å². The molecule has 0 bridgehead atoms. The monoisotopic (exact) mass is 363 g/mol. The molecule has 1 aliphatic rings. The van der Waals surface area contributed by atoms with Crippen LogP contribution in [-0.2, 0) is 11.3 Å². The Morgan fingerprint density at radius 3 is 2.63 bits per heavy atom. The van der Waals surface area contributed by atoms with E-state index >= 15 is 0 Å². The van der Waals surface area contributed by atoms with Crippen molar-refractivity contribution in [2.75, 3.05) is 19.6 Å². The average molecular weight is 363 g/mol. The molecule has 3 aromatic rings. The Morgan fingerprint density at radius 2 is 1.89 bits per heavy atom. The highest BCUT2D eigenvalue weighted by molar-refractivity contribution is 5.97. The first-order valence-corrected chi connectivity index (χ1v) is 8.95. The van der Waals surface area contributed by atoms with E-state index in [0.717, 1.165) is 11.3 Å². The third-order valence-electron chi connectivity index (χ3n) is 4.99. The van der Waals surface area contributed by atoms with Crippen LogP contribution in [0.4, 0.5) is 0 Å². The first-order valence-electron chi connectivity index (χ1n) is 8.95. The van der Waals surface area contributed by atoms with Gasteiger partial charge in [0.2, 0.25) is 5.91 Å². The van der Waals surface area contributed by atoms with Crippen molar-refractivity contribution >= 4 is 17.5 Å². The molecule has 0 saturated carbocycles. The Bertz CT molecular complexity index is 1010. The second-order valence-corrected chi connectivity index (χ2v) is 6.89. The normalized spacial score (nSPS) is 14.8. The van der Waals surface area contributed by atoms with Gasteiger partial charge in [-0.1, -0.05) is 29.8 Å². The molecule has 2 amide bonds. The fraction of sp³-hybridized carbons (Fsp3) is 0.300. The molecule has 7 heteroatoms. The van der Waals surface area contributed by atoms with Crippen molar-refractivity contribution < 1.29 is 9.59 Å². The predicted octanol–water partition coefficient (Wildman–Crippen LogP) is 1.83. The van der Waals surface area contributed by atoms with Crippen molar-refractivity contribution in [1.82, 2.24) is 24.4 Å². The van der Waals surface area contributed by atoms with Crippen LogP contribution in [-0.4, -0.2) is 55.8 Å². The zero-order chi connectivity index (χ0) is 19.0. The van der Waals surface area contributed by atoms with Gasteiger partial charge in [0.15, 0.2) is 5.65 Å². The van der Waals surface area contributed by atoms with E-state index in [0.29, 0.717) is 30.8 Å². The average Bonchev–Trinajstić information content (AvgIpc) is 3.15. The van der Waals surface area contributed by atoms with Crippen molar-refractivity contribution in [2.45, 2.75) is 20.4 Å². The lowest BCUT2D eigenvalue weighted by Crippen LogP contribution is -2.52. The predicted molar refractivity (Wildman–Crippen MR) is 100 cm³/mol. The summed E-state index contributed by atoms with van der Waals surface area (Å²) in [6, 6.07) is 9.94. The molecule has 0 N–H and O–H groups in total. The van der Waals surface area contributed by atoms with Gasteiger partial charge >= 0.3 is 0 Å². The molecule has 4 rings (SSSR count). The number of fused-ring (bicyclic) bond motifs is 1. The zero-order valence-corrected chi connectivity index (χ0v) is 15.4. The quantitative estimate of drug-likeness (QED) is 0.712. The van der Waals surface area contributed by atoms with Crippen LogP contribution in [0.25, 0.3) is 5.65 Å². The molecule has 0 aliphatic carbocycles. The number of hydrogen-bond acceptors (Lipinski definition) is 4. The number of benzene rings is 1. The summed E-state index contributed by atoms with van der Waals surface area (Å²) in [5, 5.41) is 4.19. The fourth-order valence-electron chi connectivity index (χ4n) is 3.33. The number of amides is 2. The Balaban J connectivity index is 1.47. The van der Waals surface area contributed by atoms with E-state index in [9.17, 15) is 9.59 Å². The minimum absolute atomic E-state index is 0.0408. The molecular formula is C20H21N5O2. The molecule has 0 unspecified atom stereocenters. The number of rotatable bonds is 3. The molecule has 2 aromatic heterocycles. The van der Waals surface area contributed by atoms with E-state index in [-0.39, 0.29) is 18.4 Å². The minimum atomic E-state index is -0.180. The lowest BCUT2D eigenvalue weighted by molar-refractivity contribution is -0.135. The van der Waals surface area contributed by atoms with Crippen molar-refractivity contribution in [3.05, 3.63) is 65.1 Å². The number of carbonyl (C=O) groups excluding carboxylic acids is 2. The van der Waals surface area contributed by atoms with Crippen LogP contribution in [0.15, 0.2) is 42.7 Å². The molecule has 0 atom stereocenters. The Hall–Kier alpha value is -3.22. The highest BCUT2D eigenvalue weighted by Gasteiger charge is 2.29. The number of aromatic nitrogens is 3. The van der Waals surface area contributed by atoms with E-state index in [1.807, 2.05) is 38.1 Å². The summed E-state index contributed by atoms with van der Waals surface area (Å²) in [4.78, 5) is 33.1. The molecule has 0 spiro atoms. The molecule has 1 aliphatic heterocycles. The third kappa shape index (κ3) is 3.28. The lowest BCUT2D eigenvalue weighted by Gasteiger charge is -2.34. The molecule has 27 heavy (non-hydrogen) atoms. The first kappa shape index (κ1) is 17.2. The fourth-order valence-corrected chi connectivity index (χ4v) is 3.33. The minimum Gasteiger partial charge on any atom is -0.335 e. The molecule has 138 valence electrons. The molecule has 1 aromatic carbocycles. The second-order valence-electron chi connectivity index (χ2n) is 6.89. The van der Waals surface area contributed by atoms with Crippen LogP contribution in [0.1, 0.15) is 27.2 Å². The van der Waals surface area contributed by atoms with Crippen LogP contribution in [0.2, 0.25) is 0 Å². The summed E-state index contributed by atoms with van der Waals surface area (Å²) >= 11 is 0. The number of carbonyl (C=O) groups is 2. The van der Waals surface area contributed by atoms with Crippen molar-refractivity contribution in [3.63, 3.8) is 0 Å². The van der Waals surface area contributed by atoms with E-state index < -0.39 is 0 Å². The maximum absolute atomic E-state index is 12.9. The number of nitrogens with zero attached hydrogens (tertiary/aromatic N) is 5. The van der Waals surface area contributed by atoms with Crippen molar-refractivity contribution in [2.24, 2.45) is 0 Å². The molecule has 0 radical (unpaired) electrons. The number of piperazine rings is 1. The van der Waals surface area contributed by atoms with Crippen LogP contribution in [0, 0.1) is 13.8 Å². The molecule has 1 fully saturated rings. The van der Waals surface area contributed by atoms with Gasteiger partial charge in [-0.15, -0.1) is 0 Å². The molecule has 7 nitrogen and oxygen atoms in total. The summed E-state index contributed by atoms with van der Waals surface area (Å²) in [6.07, 6.45) is 3.22. The largest absolute Gasteiger partial charge is 0.335 e. The Kier molecular flexibility index (Phi) is 4.35. The van der Waals surface area contributed by atoms with Gasteiger partial charge < -0.3 is 9.80 Å².